The molecule has 0 aliphatic carbocycles. The summed E-state index contributed by atoms with van der Waals surface area (Å²) < 4.78 is 37.1. The van der Waals surface area contributed by atoms with Crippen LogP contribution in [0.3, 0.4) is 0 Å². The van der Waals surface area contributed by atoms with Gasteiger partial charge in [-0.3, -0.25) is 15.4 Å². The number of amides is 5. The van der Waals surface area contributed by atoms with Gasteiger partial charge in [0.25, 0.3) is 5.91 Å². The van der Waals surface area contributed by atoms with Crippen LogP contribution in [-0.2, 0) is 18.9 Å². The summed E-state index contributed by atoms with van der Waals surface area (Å²) in [7, 11) is 0. The van der Waals surface area contributed by atoms with Gasteiger partial charge in [-0.1, -0.05) is 18.2 Å². The van der Waals surface area contributed by atoms with Gasteiger partial charge in [-0.15, -0.1) is 9.98 Å². The number of benzene rings is 2. The number of hydrogen-bond acceptors (Lipinski definition) is 10. The molecule has 0 spiro atoms. The quantitative estimate of drug-likeness (QED) is 0.152. The third-order valence-corrected chi connectivity index (χ3v) is 8.88. The van der Waals surface area contributed by atoms with Crippen LogP contribution in [0.25, 0.3) is 5.57 Å². The predicted molar refractivity (Wildman–Crippen MR) is 240 cm³/mol. The van der Waals surface area contributed by atoms with Crippen molar-refractivity contribution in [3.05, 3.63) is 65.0 Å². The van der Waals surface area contributed by atoms with E-state index >= 15 is 4.39 Å². The van der Waals surface area contributed by atoms with Gasteiger partial charge in [-0.25, -0.2) is 23.6 Å². The van der Waals surface area contributed by atoms with E-state index in [0.717, 1.165) is 11.1 Å². The molecular formula is C45H63FN8O9. The number of halogens is 1. The summed E-state index contributed by atoms with van der Waals surface area (Å²) in [5.41, 5.74) is 0.470. The summed E-state index contributed by atoms with van der Waals surface area (Å²) >= 11 is 0. The molecule has 0 atom stereocenters. The summed E-state index contributed by atoms with van der Waals surface area (Å²) in [6, 6.07) is 9.95. The van der Waals surface area contributed by atoms with Crippen LogP contribution in [0, 0.1) is 12.7 Å². The van der Waals surface area contributed by atoms with E-state index in [1.165, 1.54) is 6.07 Å². The minimum atomic E-state index is -0.879. The molecular weight excluding hydrogens is 816 g/mol. The molecule has 0 radical (unpaired) electrons. The molecule has 5 amide bonds. The van der Waals surface area contributed by atoms with Crippen LogP contribution in [0.4, 0.5) is 34.9 Å². The molecule has 63 heavy (non-hydrogen) atoms. The van der Waals surface area contributed by atoms with Crippen LogP contribution in [-0.4, -0.2) is 114 Å². The maximum atomic E-state index is 15.6. The number of rotatable bonds is 4. The minimum absolute atomic E-state index is 0.00874. The molecule has 0 aromatic heterocycles. The Morgan fingerprint density at radius 2 is 1.14 bits per heavy atom. The SMILES string of the molecule is Cc1cc(C2=CCN(/C(=N/C(=O)OC(C)(C)C)NC(=O)OC(C)(C)C)CC2)ccc1C(=O)Nc1ccc(N2CCN(/C(=N/C(=O)OC(C)(C)C)NC(=O)OC(C)(C)C)CC2)c(F)c1. The van der Waals surface area contributed by atoms with E-state index in [1.807, 2.05) is 30.0 Å². The standard InChI is InChI=1S/C45H63FN8O9/c1-28-26-30(29-18-20-53(21-19-29)36(48-38(56)60-42(2,3)4)49-39(57)61-43(5,6)7)14-16-32(28)35(55)47-31-15-17-34(33(46)27-31)52-22-24-54(25-23-52)37(50-40(58)62-44(8,9)10)51-41(59)63-45(11,12)13/h14-18,26-27H,19-25H2,1-13H3,(H,47,55)(H,48,49,56,57)(H,50,51,58,59). The zero-order chi connectivity index (χ0) is 47.1. The topological polar surface area (TPSA) is 193 Å². The van der Waals surface area contributed by atoms with Gasteiger partial charge >= 0.3 is 24.4 Å². The van der Waals surface area contributed by atoms with Crippen LogP contribution >= 0.6 is 0 Å². The number of hydrogen-bond donors (Lipinski definition) is 3. The second-order valence-electron chi connectivity index (χ2n) is 19.1. The highest BCUT2D eigenvalue weighted by molar-refractivity contribution is 6.05. The van der Waals surface area contributed by atoms with Crippen molar-refractivity contribution in [2.75, 3.05) is 49.5 Å². The number of carbonyl (C=O) groups excluding carboxylic acids is 5. The van der Waals surface area contributed by atoms with E-state index < -0.39 is 58.5 Å². The molecule has 4 rings (SSSR count). The van der Waals surface area contributed by atoms with Gasteiger partial charge < -0.3 is 39.0 Å². The number of guanidine groups is 2. The maximum absolute atomic E-state index is 15.6. The Morgan fingerprint density at radius 3 is 1.59 bits per heavy atom. The molecule has 0 saturated carbocycles. The first kappa shape index (κ1) is 49.5. The monoisotopic (exact) mass is 878 g/mol. The molecule has 2 aliphatic heterocycles. The zero-order valence-corrected chi connectivity index (χ0v) is 38.8. The average molecular weight is 879 g/mol. The van der Waals surface area contributed by atoms with Crippen LogP contribution in [0.2, 0.25) is 0 Å². The summed E-state index contributed by atoms with van der Waals surface area (Å²) in [6.45, 7) is 24.4. The second-order valence-corrected chi connectivity index (χ2v) is 19.1. The van der Waals surface area contributed by atoms with Crippen molar-refractivity contribution in [3.63, 3.8) is 0 Å². The Labute approximate surface area is 369 Å². The smallest absolute Gasteiger partial charge is 0.437 e. The van der Waals surface area contributed by atoms with E-state index in [2.05, 4.69) is 25.9 Å². The molecule has 2 aromatic rings. The van der Waals surface area contributed by atoms with Crippen molar-refractivity contribution in [2.45, 2.75) is 119 Å². The van der Waals surface area contributed by atoms with Gasteiger partial charge in [0.05, 0.1) is 5.69 Å². The van der Waals surface area contributed by atoms with Crippen LogP contribution in [0.1, 0.15) is 111 Å². The second kappa shape index (κ2) is 19.9. The van der Waals surface area contributed by atoms with Gasteiger partial charge in [0.2, 0.25) is 11.9 Å². The highest BCUT2D eigenvalue weighted by Gasteiger charge is 2.28. The zero-order valence-electron chi connectivity index (χ0n) is 38.8. The number of nitrogens with one attached hydrogen (secondary N) is 3. The molecule has 0 unspecified atom stereocenters. The fraction of sp³-hybridized carbons (Fsp3) is 0.533. The molecule has 17 nitrogen and oxygen atoms in total. The summed E-state index contributed by atoms with van der Waals surface area (Å²) in [5, 5.41) is 7.95. The maximum Gasteiger partial charge on any atom is 0.437 e. The van der Waals surface area contributed by atoms with Gasteiger partial charge in [-0.2, -0.15) is 0 Å². The first-order valence-corrected chi connectivity index (χ1v) is 20.8. The molecule has 0 bridgehead atoms. The highest BCUT2D eigenvalue weighted by Crippen LogP contribution is 2.28. The van der Waals surface area contributed by atoms with Crippen molar-refractivity contribution in [3.8, 4) is 0 Å². The van der Waals surface area contributed by atoms with Gasteiger partial charge in [0.15, 0.2) is 0 Å². The van der Waals surface area contributed by atoms with Crippen molar-refractivity contribution >= 4 is 59.1 Å². The molecule has 18 heteroatoms. The lowest BCUT2D eigenvalue weighted by Crippen LogP contribution is -2.54. The van der Waals surface area contributed by atoms with Crippen LogP contribution in [0.15, 0.2) is 52.5 Å². The Balaban J connectivity index is 1.40. The van der Waals surface area contributed by atoms with Gasteiger partial charge in [0, 0.05) is 50.5 Å². The molecule has 1 saturated heterocycles. The van der Waals surface area contributed by atoms with Crippen molar-refractivity contribution in [1.29, 1.82) is 0 Å². The van der Waals surface area contributed by atoms with E-state index in [-0.39, 0.29) is 30.7 Å². The summed E-state index contributed by atoms with van der Waals surface area (Å²) in [4.78, 5) is 77.2. The van der Waals surface area contributed by atoms with Crippen molar-refractivity contribution in [1.82, 2.24) is 20.4 Å². The van der Waals surface area contributed by atoms with E-state index in [9.17, 15) is 24.0 Å². The normalized spacial score (nSPS) is 15.5. The van der Waals surface area contributed by atoms with E-state index in [0.29, 0.717) is 49.4 Å². The third kappa shape index (κ3) is 16.2. The number of carbonyl (C=O) groups is 5. The number of ether oxygens (including phenoxy) is 4. The molecule has 2 aliphatic rings. The number of aryl methyl sites for hydroxylation is 1. The number of alkyl carbamates (subject to hydrolysis) is 2. The summed E-state index contributed by atoms with van der Waals surface area (Å²) in [6.07, 6.45) is -0.772. The average Bonchev–Trinajstić information content (AvgIpc) is 3.11. The van der Waals surface area contributed by atoms with E-state index in [1.54, 1.807) is 111 Å². The summed E-state index contributed by atoms with van der Waals surface area (Å²) in [5.74, 6) is -0.974. The first-order chi connectivity index (χ1) is 29.0. The van der Waals surface area contributed by atoms with Gasteiger partial charge in [-0.05, 0) is 137 Å². The van der Waals surface area contributed by atoms with Crippen molar-refractivity contribution in [2.24, 2.45) is 9.98 Å². The highest BCUT2D eigenvalue weighted by atomic mass is 19.1. The lowest BCUT2D eigenvalue weighted by atomic mass is 9.95. The number of piperazine rings is 1. The first-order valence-electron chi connectivity index (χ1n) is 20.8. The Morgan fingerprint density at radius 1 is 0.635 bits per heavy atom. The predicted octanol–water partition coefficient (Wildman–Crippen LogP) is 8.23. The fourth-order valence-corrected chi connectivity index (χ4v) is 6.33. The number of aliphatic imine (C=N–C) groups is 2. The lowest BCUT2D eigenvalue weighted by Gasteiger charge is -2.37. The minimum Gasteiger partial charge on any atom is -0.444 e. The number of nitrogens with zero attached hydrogens (tertiary/aromatic N) is 5. The molecule has 2 aromatic carbocycles. The largest absolute Gasteiger partial charge is 0.444 e. The van der Waals surface area contributed by atoms with Crippen molar-refractivity contribution < 1.29 is 47.3 Å². The number of anilines is 2. The lowest BCUT2D eigenvalue weighted by molar-refractivity contribution is 0.0536. The molecule has 344 valence electrons. The van der Waals surface area contributed by atoms with Crippen LogP contribution < -0.4 is 20.9 Å². The fourth-order valence-electron chi connectivity index (χ4n) is 6.33. The third-order valence-electron chi connectivity index (χ3n) is 8.88. The molecule has 2 heterocycles. The Bertz CT molecular complexity index is 2130. The molecule has 1 fully saturated rings. The Hall–Kier alpha value is -6.20. The molecule has 3 N–H and O–H groups in total. The Kier molecular flexibility index (Phi) is 15.6. The van der Waals surface area contributed by atoms with Gasteiger partial charge in [0.1, 0.15) is 28.2 Å². The van der Waals surface area contributed by atoms with Crippen LogP contribution in [0.5, 0.6) is 0 Å². The van der Waals surface area contributed by atoms with E-state index in [4.69, 9.17) is 18.9 Å².